The first-order valence-electron chi connectivity index (χ1n) is 4.64. The zero-order chi connectivity index (χ0) is 10.1. The van der Waals surface area contributed by atoms with Crippen LogP contribution in [0.4, 0.5) is 0 Å². The molecule has 4 heteroatoms. The van der Waals surface area contributed by atoms with Crippen molar-refractivity contribution in [2.24, 2.45) is 11.8 Å². The van der Waals surface area contributed by atoms with E-state index in [9.17, 15) is 0 Å². The molecule has 1 aromatic carbocycles. The Hall–Kier alpha value is -0.280. The second-order valence-corrected chi connectivity index (χ2v) is 4.41. The lowest BCUT2D eigenvalue weighted by atomic mass is 10.0. The highest BCUT2D eigenvalue weighted by Gasteiger charge is 2.32. The Morgan fingerprint density at radius 2 is 2.07 bits per heavy atom. The van der Waals surface area contributed by atoms with Crippen LogP contribution >= 0.6 is 23.2 Å². The van der Waals surface area contributed by atoms with Gasteiger partial charge in [0.1, 0.15) is 0 Å². The Balaban J connectivity index is 2.33. The van der Waals surface area contributed by atoms with Gasteiger partial charge in [0.15, 0.2) is 0 Å². The van der Waals surface area contributed by atoms with Crippen LogP contribution in [0.3, 0.4) is 0 Å². The summed E-state index contributed by atoms with van der Waals surface area (Å²) in [6, 6.07) is 5.79. The molecule has 0 saturated heterocycles. The summed E-state index contributed by atoms with van der Waals surface area (Å²) in [6.45, 7) is 0. The summed E-state index contributed by atoms with van der Waals surface area (Å²) in [5.41, 5.74) is 3.81. The van der Waals surface area contributed by atoms with Crippen LogP contribution in [0.25, 0.3) is 0 Å². The van der Waals surface area contributed by atoms with E-state index in [1.54, 1.807) is 6.07 Å². The Morgan fingerprint density at radius 1 is 1.36 bits per heavy atom. The van der Waals surface area contributed by atoms with E-state index in [2.05, 4.69) is 5.43 Å². The molecular formula is C10H12Cl2N2. The summed E-state index contributed by atoms with van der Waals surface area (Å²) in [4.78, 5) is 0. The third-order valence-electron chi connectivity index (χ3n) is 2.59. The molecule has 2 nitrogen and oxygen atoms in total. The summed E-state index contributed by atoms with van der Waals surface area (Å²) in [5.74, 6) is 6.12. The average molecular weight is 231 g/mol. The van der Waals surface area contributed by atoms with Crippen molar-refractivity contribution in [2.45, 2.75) is 18.9 Å². The molecule has 1 atom stereocenters. The molecule has 14 heavy (non-hydrogen) atoms. The number of hydrogen-bond acceptors (Lipinski definition) is 2. The molecule has 2 rings (SSSR count). The minimum Gasteiger partial charge on any atom is -0.271 e. The molecular weight excluding hydrogens is 219 g/mol. The maximum absolute atomic E-state index is 6.11. The number of hydrogen-bond donors (Lipinski definition) is 2. The van der Waals surface area contributed by atoms with E-state index in [0.29, 0.717) is 16.0 Å². The van der Waals surface area contributed by atoms with Gasteiger partial charge in [-0.3, -0.25) is 11.3 Å². The number of nitrogens with two attached hydrogens (primary N) is 1. The van der Waals surface area contributed by atoms with E-state index < -0.39 is 0 Å². The molecule has 0 radical (unpaired) electrons. The van der Waals surface area contributed by atoms with Gasteiger partial charge >= 0.3 is 0 Å². The Kier molecular flexibility index (Phi) is 2.98. The quantitative estimate of drug-likeness (QED) is 0.620. The van der Waals surface area contributed by atoms with Gasteiger partial charge in [-0.25, -0.2) is 0 Å². The molecule has 0 heterocycles. The van der Waals surface area contributed by atoms with Gasteiger partial charge in [-0.2, -0.15) is 0 Å². The van der Waals surface area contributed by atoms with Crippen LogP contribution < -0.4 is 11.3 Å². The molecule has 1 unspecified atom stereocenters. The molecule has 0 amide bonds. The fourth-order valence-electron chi connectivity index (χ4n) is 1.67. The van der Waals surface area contributed by atoms with Crippen LogP contribution in [-0.4, -0.2) is 0 Å². The third-order valence-corrected chi connectivity index (χ3v) is 3.42. The number of hydrazine groups is 1. The van der Waals surface area contributed by atoms with Gasteiger partial charge in [-0.05, 0) is 30.4 Å². The standard InChI is InChI=1S/C10H12Cl2N2/c11-8-3-1-2-7(9(8)12)10(14-13)6-4-5-6/h1-3,6,10,14H,4-5,13H2. The highest BCUT2D eigenvalue weighted by molar-refractivity contribution is 6.42. The maximum atomic E-state index is 6.11. The van der Waals surface area contributed by atoms with Gasteiger partial charge in [0, 0.05) is 0 Å². The van der Waals surface area contributed by atoms with Gasteiger partial charge in [-0.1, -0.05) is 35.3 Å². The normalized spacial score (nSPS) is 18.2. The van der Waals surface area contributed by atoms with Crippen LogP contribution in [0.2, 0.25) is 10.0 Å². The van der Waals surface area contributed by atoms with E-state index in [-0.39, 0.29) is 6.04 Å². The molecule has 1 saturated carbocycles. The molecule has 1 aromatic rings. The van der Waals surface area contributed by atoms with Crippen molar-refractivity contribution in [3.05, 3.63) is 33.8 Å². The number of halogens is 2. The van der Waals surface area contributed by atoms with Crippen molar-refractivity contribution in [3.63, 3.8) is 0 Å². The molecule has 0 bridgehead atoms. The van der Waals surface area contributed by atoms with Gasteiger partial charge in [0.25, 0.3) is 0 Å². The third kappa shape index (κ3) is 1.89. The largest absolute Gasteiger partial charge is 0.271 e. The van der Waals surface area contributed by atoms with E-state index in [1.807, 2.05) is 12.1 Å². The van der Waals surface area contributed by atoms with Crippen molar-refractivity contribution < 1.29 is 0 Å². The molecule has 0 aromatic heterocycles. The molecule has 1 aliphatic carbocycles. The minimum absolute atomic E-state index is 0.140. The van der Waals surface area contributed by atoms with E-state index in [0.717, 1.165) is 5.56 Å². The molecule has 0 spiro atoms. The van der Waals surface area contributed by atoms with E-state index in [4.69, 9.17) is 29.0 Å². The van der Waals surface area contributed by atoms with Crippen LogP contribution in [0.15, 0.2) is 18.2 Å². The lowest BCUT2D eigenvalue weighted by Crippen LogP contribution is -2.29. The monoisotopic (exact) mass is 230 g/mol. The predicted molar refractivity (Wildman–Crippen MR) is 59.3 cm³/mol. The first-order valence-corrected chi connectivity index (χ1v) is 5.39. The average Bonchev–Trinajstić information content (AvgIpc) is 2.97. The van der Waals surface area contributed by atoms with Gasteiger partial charge < -0.3 is 0 Å². The van der Waals surface area contributed by atoms with Crippen molar-refractivity contribution in [2.75, 3.05) is 0 Å². The SMILES string of the molecule is NNC(c1cccc(Cl)c1Cl)C1CC1. The maximum Gasteiger partial charge on any atom is 0.0640 e. The van der Waals surface area contributed by atoms with Crippen LogP contribution in [-0.2, 0) is 0 Å². The van der Waals surface area contributed by atoms with Crippen molar-refractivity contribution in [1.82, 2.24) is 5.43 Å². The van der Waals surface area contributed by atoms with Crippen molar-refractivity contribution >= 4 is 23.2 Å². The number of rotatable bonds is 3. The van der Waals surface area contributed by atoms with Gasteiger partial charge in [0.2, 0.25) is 0 Å². The second kappa shape index (κ2) is 4.07. The minimum atomic E-state index is 0.140. The summed E-state index contributed by atoms with van der Waals surface area (Å²) in [5, 5.41) is 1.20. The fourth-order valence-corrected chi connectivity index (χ4v) is 2.10. The lowest BCUT2D eigenvalue weighted by molar-refractivity contribution is 0.497. The summed E-state index contributed by atoms with van der Waals surface area (Å²) >= 11 is 12.1. The van der Waals surface area contributed by atoms with Crippen LogP contribution in [0.1, 0.15) is 24.4 Å². The molecule has 1 fully saturated rings. The highest BCUT2D eigenvalue weighted by Crippen LogP contribution is 2.43. The molecule has 1 aliphatic rings. The van der Waals surface area contributed by atoms with Crippen LogP contribution in [0.5, 0.6) is 0 Å². The summed E-state index contributed by atoms with van der Waals surface area (Å²) < 4.78 is 0. The molecule has 3 N–H and O–H groups in total. The van der Waals surface area contributed by atoms with Gasteiger partial charge in [0.05, 0.1) is 16.1 Å². The lowest BCUT2D eigenvalue weighted by Gasteiger charge is -2.17. The first kappa shape index (κ1) is 10.2. The highest BCUT2D eigenvalue weighted by atomic mass is 35.5. The van der Waals surface area contributed by atoms with Crippen molar-refractivity contribution in [3.8, 4) is 0 Å². The van der Waals surface area contributed by atoms with E-state index >= 15 is 0 Å². The Labute approximate surface area is 93.4 Å². The molecule has 0 aliphatic heterocycles. The van der Waals surface area contributed by atoms with Crippen LogP contribution in [0, 0.1) is 5.92 Å². The topological polar surface area (TPSA) is 38.0 Å². The summed E-state index contributed by atoms with van der Waals surface area (Å²) in [6.07, 6.45) is 2.41. The predicted octanol–water partition coefficient (Wildman–Crippen LogP) is 2.91. The smallest absolute Gasteiger partial charge is 0.0640 e. The van der Waals surface area contributed by atoms with E-state index in [1.165, 1.54) is 12.8 Å². The summed E-state index contributed by atoms with van der Waals surface area (Å²) in [7, 11) is 0. The Morgan fingerprint density at radius 3 is 2.64 bits per heavy atom. The molecule has 76 valence electrons. The number of nitrogens with one attached hydrogen (secondary N) is 1. The second-order valence-electron chi connectivity index (χ2n) is 3.62. The van der Waals surface area contributed by atoms with Crippen molar-refractivity contribution in [1.29, 1.82) is 0 Å². The first-order chi connectivity index (χ1) is 6.74. The van der Waals surface area contributed by atoms with Gasteiger partial charge in [-0.15, -0.1) is 0 Å². The fraction of sp³-hybridized carbons (Fsp3) is 0.400. The zero-order valence-electron chi connectivity index (χ0n) is 7.63. The number of benzene rings is 1. The zero-order valence-corrected chi connectivity index (χ0v) is 9.15. The Bertz CT molecular complexity index is 337.